The van der Waals surface area contributed by atoms with E-state index in [1.807, 2.05) is 0 Å². The highest BCUT2D eigenvalue weighted by atomic mass is 16.5. The molecule has 1 aliphatic heterocycles. The van der Waals surface area contributed by atoms with Crippen molar-refractivity contribution in [2.75, 3.05) is 13.2 Å². The summed E-state index contributed by atoms with van der Waals surface area (Å²) in [6.45, 7) is 5.32. The van der Waals surface area contributed by atoms with Crippen molar-refractivity contribution in [3.05, 3.63) is 0 Å². The Balaban J connectivity index is 2.06. The van der Waals surface area contributed by atoms with Gasteiger partial charge < -0.3 is 19.9 Å². The van der Waals surface area contributed by atoms with Crippen LogP contribution in [0.5, 0.6) is 0 Å². The van der Waals surface area contributed by atoms with E-state index >= 15 is 0 Å². The molecule has 6 heteroatoms. The van der Waals surface area contributed by atoms with E-state index in [1.165, 1.54) is 38.5 Å². The first-order valence-corrected chi connectivity index (χ1v) is 13.3. The second kappa shape index (κ2) is 19.3. The lowest BCUT2D eigenvalue weighted by Crippen LogP contribution is -2.32. The lowest BCUT2D eigenvalue weighted by Gasteiger charge is -2.18. The number of ether oxygens (including phenoxy) is 2. The molecule has 188 valence electrons. The maximum atomic E-state index is 12.3. The van der Waals surface area contributed by atoms with E-state index in [-0.39, 0.29) is 24.1 Å². The summed E-state index contributed by atoms with van der Waals surface area (Å²) in [6, 6.07) is -0.363. The van der Waals surface area contributed by atoms with Gasteiger partial charge in [0.05, 0.1) is 12.7 Å². The molecule has 0 spiro atoms. The predicted molar refractivity (Wildman–Crippen MR) is 128 cm³/mol. The van der Waals surface area contributed by atoms with Gasteiger partial charge in [0, 0.05) is 19.4 Å². The summed E-state index contributed by atoms with van der Waals surface area (Å²) in [5.41, 5.74) is 0. The van der Waals surface area contributed by atoms with E-state index in [2.05, 4.69) is 19.2 Å². The van der Waals surface area contributed by atoms with Gasteiger partial charge in [-0.15, -0.1) is 0 Å². The van der Waals surface area contributed by atoms with Crippen LogP contribution in [-0.4, -0.2) is 48.4 Å². The van der Waals surface area contributed by atoms with Gasteiger partial charge >= 0.3 is 11.9 Å². The minimum atomic E-state index is -0.448. The largest absolute Gasteiger partial charge is 0.465 e. The molecule has 0 aromatic carbocycles. The Bertz CT molecular complexity index is 473. The number of carbonyl (C=O) groups excluding carboxylic acids is 2. The zero-order valence-electron chi connectivity index (χ0n) is 20.7. The summed E-state index contributed by atoms with van der Waals surface area (Å²) in [4.78, 5) is 24.1. The fourth-order valence-corrected chi connectivity index (χ4v) is 4.18. The van der Waals surface area contributed by atoms with Gasteiger partial charge in [-0.3, -0.25) is 9.59 Å². The number of nitrogens with one attached hydrogen (secondary N) is 1. The van der Waals surface area contributed by atoms with Crippen molar-refractivity contribution >= 4 is 11.9 Å². The summed E-state index contributed by atoms with van der Waals surface area (Å²) in [5.74, 6) is -0.301. The monoisotopic (exact) mass is 455 g/mol. The number of esters is 2. The number of aliphatic hydroxyl groups excluding tert-OH is 1. The van der Waals surface area contributed by atoms with Gasteiger partial charge in [-0.2, -0.15) is 0 Å². The first-order chi connectivity index (χ1) is 15.6. The highest BCUT2D eigenvalue weighted by Crippen LogP contribution is 2.17. The Labute approximate surface area is 196 Å². The average molecular weight is 456 g/mol. The molecule has 0 aromatic rings. The average Bonchev–Trinajstić information content (AvgIpc) is 3.22. The van der Waals surface area contributed by atoms with Crippen LogP contribution in [0, 0.1) is 0 Å². The molecule has 32 heavy (non-hydrogen) atoms. The van der Waals surface area contributed by atoms with E-state index in [4.69, 9.17) is 9.47 Å². The first-order valence-electron chi connectivity index (χ1n) is 13.3. The van der Waals surface area contributed by atoms with Crippen molar-refractivity contribution in [1.29, 1.82) is 0 Å². The highest BCUT2D eigenvalue weighted by Gasteiger charge is 2.29. The molecular weight excluding hydrogens is 406 g/mol. The molecule has 2 N–H and O–H groups in total. The molecule has 0 aliphatic carbocycles. The number of hydrogen-bond acceptors (Lipinski definition) is 6. The quantitative estimate of drug-likeness (QED) is 0.188. The smallest absolute Gasteiger partial charge is 0.323 e. The van der Waals surface area contributed by atoms with Gasteiger partial charge in [-0.1, -0.05) is 71.6 Å². The van der Waals surface area contributed by atoms with Crippen LogP contribution in [0.25, 0.3) is 0 Å². The third-order valence-electron chi connectivity index (χ3n) is 6.22. The molecule has 1 heterocycles. The Morgan fingerprint density at radius 1 is 0.875 bits per heavy atom. The van der Waals surface area contributed by atoms with Crippen molar-refractivity contribution in [2.24, 2.45) is 0 Å². The molecule has 1 aliphatic rings. The SMILES string of the molecule is CCCCCCC(CCCCCC)OC(=O)CCCCCCCOC(=O)[C@@H]1CC(O)CN1. The minimum Gasteiger partial charge on any atom is -0.465 e. The van der Waals surface area contributed by atoms with Crippen molar-refractivity contribution in [1.82, 2.24) is 5.32 Å². The summed E-state index contributed by atoms with van der Waals surface area (Å²) in [5, 5.41) is 12.4. The fourth-order valence-electron chi connectivity index (χ4n) is 4.18. The van der Waals surface area contributed by atoms with E-state index in [0.29, 0.717) is 26.0 Å². The third kappa shape index (κ3) is 14.8. The second-order valence-electron chi connectivity index (χ2n) is 9.35. The number of rotatable bonds is 20. The Kier molecular flexibility index (Phi) is 17.5. The second-order valence-corrected chi connectivity index (χ2v) is 9.35. The first kappa shape index (κ1) is 28.9. The Hall–Kier alpha value is -1.14. The zero-order valence-corrected chi connectivity index (χ0v) is 20.7. The Morgan fingerprint density at radius 3 is 2.06 bits per heavy atom. The van der Waals surface area contributed by atoms with Crippen molar-refractivity contribution in [3.8, 4) is 0 Å². The molecule has 0 aromatic heterocycles. The molecule has 1 saturated heterocycles. The van der Waals surface area contributed by atoms with Crippen LogP contribution in [0.3, 0.4) is 0 Å². The topological polar surface area (TPSA) is 84.9 Å². The van der Waals surface area contributed by atoms with Crippen LogP contribution in [0.15, 0.2) is 0 Å². The van der Waals surface area contributed by atoms with Gasteiger partial charge in [-0.25, -0.2) is 0 Å². The number of carbonyl (C=O) groups is 2. The molecular formula is C26H49NO5. The van der Waals surface area contributed by atoms with Crippen LogP contribution >= 0.6 is 0 Å². The number of unbranched alkanes of at least 4 members (excludes halogenated alkanes) is 10. The molecule has 1 unspecified atom stereocenters. The summed E-state index contributed by atoms with van der Waals surface area (Å²) < 4.78 is 11.1. The lowest BCUT2D eigenvalue weighted by atomic mass is 10.0. The van der Waals surface area contributed by atoms with Crippen LogP contribution in [0.2, 0.25) is 0 Å². The maximum absolute atomic E-state index is 12.3. The van der Waals surface area contributed by atoms with Gasteiger partial charge in [-0.05, 0) is 38.5 Å². The molecule has 1 fully saturated rings. The molecule has 6 nitrogen and oxygen atoms in total. The van der Waals surface area contributed by atoms with Crippen molar-refractivity contribution in [3.63, 3.8) is 0 Å². The van der Waals surface area contributed by atoms with Gasteiger partial charge in [0.2, 0.25) is 0 Å². The molecule has 0 amide bonds. The number of hydrogen-bond donors (Lipinski definition) is 2. The van der Waals surface area contributed by atoms with Gasteiger partial charge in [0.25, 0.3) is 0 Å². The van der Waals surface area contributed by atoms with Crippen LogP contribution in [0.1, 0.15) is 123 Å². The van der Waals surface area contributed by atoms with Crippen LogP contribution < -0.4 is 5.32 Å². The summed E-state index contributed by atoms with van der Waals surface area (Å²) in [6.07, 6.45) is 17.1. The third-order valence-corrected chi connectivity index (χ3v) is 6.22. The summed E-state index contributed by atoms with van der Waals surface area (Å²) >= 11 is 0. The minimum absolute atomic E-state index is 0.0406. The molecule has 0 saturated carbocycles. The van der Waals surface area contributed by atoms with E-state index in [1.54, 1.807) is 0 Å². The number of β-amino-alcohol motifs (C(OH)–C–C–N with tert-alkyl or cyclic N) is 1. The molecule has 0 bridgehead atoms. The standard InChI is InChI=1S/C26H49NO5/c1-3-5-7-12-16-23(17-13-8-6-4-2)32-25(29)18-14-10-9-11-15-19-31-26(30)24-20-22(28)21-27-24/h22-24,27-28H,3-21H2,1-2H3/t22?,24-/m0/s1. The van der Waals surface area contributed by atoms with Crippen molar-refractivity contribution < 1.29 is 24.2 Å². The molecule has 0 radical (unpaired) electrons. The molecule has 2 atom stereocenters. The van der Waals surface area contributed by atoms with E-state index in [9.17, 15) is 14.7 Å². The zero-order chi connectivity index (χ0) is 23.4. The van der Waals surface area contributed by atoms with Crippen LogP contribution in [-0.2, 0) is 19.1 Å². The van der Waals surface area contributed by atoms with Gasteiger partial charge in [0.1, 0.15) is 12.1 Å². The lowest BCUT2D eigenvalue weighted by molar-refractivity contribution is -0.150. The maximum Gasteiger partial charge on any atom is 0.323 e. The fraction of sp³-hybridized carbons (Fsp3) is 0.923. The van der Waals surface area contributed by atoms with E-state index in [0.717, 1.165) is 57.8 Å². The van der Waals surface area contributed by atoms with Crippen LogP contribution in [0.4, 0.5) is 0 Å². The summed E-state index contributed by atoms with van der Waals surface area (Å²) in [7, 11) is 0. The highest BCUT2D eigenvalue weighted by molar-refractivity contribution is 5.76. The van der Waals surface area contributed by atoms with Crippen molar-refractivity contribution in [2.45, 2.75) is 141 Å². The Morgan fingerprint density at radius 2 is 1.47 bits per heavy atom. The predicted octanol–water partition coefficient (Wildman–Crippen LogP) is 5.45. The van der Waals surface area contributed by atoms with Gasteiger partial charge in [0.15, 0.2) is 0 Å². The normalized spacial score (nSPS) is 18.2. The molecule has 1 rings (SSSR count). The number of aliphatic hydroxyl groups is 1. The van der Waals surface area contributed by atoms with E-state index < -0.39 is 6.10 Å².